The minimum Gasteiger partial charge on any atom is -0.490 e. The smallest absolute Gasteiger partial charge is 0.319 e. The summed E-state index contributed by atoms with van der Waals surface area (Å²) in [6.07, 6.45) is 4.51. The first-order chi connectivity index (χ1) is 10.1. The van der Waals surface area contributed by atoms with Crippen molar-refractivity contribution in [2.24, 2.45) is 5.92 Å². The SMILES string of the molecule is CCOc1c(Cl)cccc1NC(=O)N[C@@H]1C=C[C@H](CO)C1. The lowest BCUT2D eigenvalue weighted by atomic mass is 10.1. The van der Waals surface area contributed by atoms with E-state index in [1.165, 1.54) is 0 Å². The fraction of sp³-hybridized carbons (Fsp3) is 0.400. The maximum Gasteiger partial charge on any atom is 0.319 e. The number of ether oxygens (including phenoxy) is 1. The van der Waals surface area contributed by atoms with Crippen molar-refractivity contribution in [1.82, 2.24) is 5.32 Å². The maximum absolute atomic E-state index is 12.0. The van der Waals surface area contributed by atoms with Gasteiger partial charge < -0.3 is 20.5 Å². The maximum atomic E-state index is 12.0. The van der Waals surface area contributed by atoms with Crippen LogP contribution in [-0.2, 0) is 0 Å². The van der Waals surface area contributed by atoms with Crippen LogP contribution in [0, 0.1) is 5.92 Å². The topological polar surface area (TPSA) is 70.6 Å². The lowest BCUT2D eigenvalue weighted by molar-refractivity contribution is 0.238. The summed E-state index contributed by atoms with van der Waals surface area (Å²) in [5.41, 5.74) is 0.530. The molecule has 0 spiro atoms. The molecule has 0 unspecified atom stereocenters. The second-order valence-electron chi connectivity index (χ2n) is 4.82. The average Bonchev–Trinajstić information content (AvgIpc) is 2.90. The predicted molar refractivity (Wildman–Crippen MR) is 82.9 cm³/mol. The van der Waals surface area contributed by atoms with Gasteiger partial charge in [0.05, 0.1) is 17.3 Å². The Morgan fingerprint density at radius 2 is 2.29 bits per heavy atom. The summed E-state index contributed by atoms with van der Waals surface area (Å²) in [4.78, 5) is 12.0. The summed E-state index contributed by atoms with van der Waals surface area (Å²) in [5.74, 6) is 0.576. The van der Waals surface area contributed by atoms with Crippen LogP contribution in [0.5, 0.6) is 5.75 Å². The van der Waals surface area contributed by atoms with Gasteiger partial charge in [0.25, 0.3) is 0 Å². The van der Waals surface area contributed by atoms with Crippen LogP contribution >= 0.6 is 11.6 Å². The number of halogens is 1. The number of amides is 2. The van der Waals surface area contributed by atoms with E-state index in [0.717, 1.165) is 0 Å². The van der Waals surface area contributed by atoms with Gasteiger partial charge in [0, 0.05) is 18.6 Å². The molecule has 2 atom stereocenters. The molecule has 1 aliphatic rings. The molecule has 0 bridgehead atoms. The van der Waals surface area contributed by atoms with Gasteiger partial charge in [-0.15, -0.1) is 0 Å². The molecule has 0 fully saturated rings. The third-order valence-electron chi connectivity index (χ3n) is 3.23. The molecule has 5 nitrogen and oxygen atoms in total. The number of anilines is 1. The van der Waals surface area contributed by atoms with Crippen molar-refractivity contribution in [2.45, 2.75) is 19.4 Å². The molecule has 114 valence electrons. The number of hydrogen-bond donors (Lipinski definition) is 3. The van der Waals surface area contributed by atoms with Crippen molar-refractivity contribution < 1.29 is 14.6 Å². The summed E-state index contributed by atoms with van der Waals surface area (Å²) in [5, 5.41) is 15.1. The van der Waals surface area contributed by atoms with Crippen molar-refractivity contribution >= 4 is 23.3 Å². The molecule has 21 heavy (non-hydrogen) atoms. The zero-order valence-corrected chi connectivity index (χ0v) is 12.6. The van der Waals surface area contributed by atoms with Crippen LogP contribution in [0.25, 0.3) is 0 Å². The van der Waals surface area contributed by atoms with Crippen LogP contribution < -0.4 is 15.4 Å². The van der Waals surface area contributed by atoms with Gasteiger partial charge in [0.1, 0.15) is 0 Å². The first-order valence-corrected chi connectivity index (χ1v) is 7.29. The molecular weight excluding hydrogens is 292 g/mol. The molecule has 0 aliphatic heterocycles. The predicted octanol–water partition coefficient (Wildman–Crippen LogP) is 2.80. The highest BCUT2D eigenvalue weighted by Crippen LogP contribution is 2.32. The molecule has 3 N–H and O–H groups in total. The number of aliphatic hydroxyl groups excluding tert-OH is 1. The molecule has 0 heterocycles. The number of hydrogen-bond acceptors (Lipinski definition) is 3. The Balaban J connectivity index is 1.97. The molecular formula is C15H19ClN2O3. The Hall–Kier alpha value is -1.72. The van der Waals surface area contributed by atoms with E-state index in [2.05, 4.69) is 10.6 Å². The molecule has 0 saturated heterocycles. The van der Waals surface area contributed by atoms with Crippen LogP contribution in [0.1, 0.15) is 13.3 Å². The van der Waals surface area contributed by atoms with Gasteiger partial charge in [-0.05, 0) is 25.5 Å². The number of urea groups is 1. The van der Waals surface area contributed by atoms with E-state index in [1.54, 1.807) is 18.2 Å². The number of para-hydroxylation sites is 1. The first-order valence-electron chi connectivity index (χ1n) is 6.92. The van der Waals surface area contributed by atoms with Crippen LogP contribution in [0.15, 0.2) is 30.4 Å². The van der Waals surface area contributed by atoms with Gasteiger partial charge in [0.15, 0.2) is 5.75 Å². The van der Waals surface area contributed by atoms with Crippen molar-refractivity contribution in [3.63, 3.8) is 0 Å². The van der Waals surface area contributed by atoms with E-state index in [-0.39, 0.29) is 24.6 Å². The van der Waals surface area contributed by atoms with Gasteiger partial charge in [-0.2, -0.15) is 0 Å². The molecule has 0 radical (unpaired) electrons. The van der Waals surface area contributed by atoms with E-state index in [9.17, 15) is 4.79 Å². The van der Waals surface area contributed by atoms with E-state index in [0.29, 0.717) is 29.5 Å². The minimum atomic E-state index is -0.327. The lowest BCUT2D eigenvalue weighted by Gasteiger charge is -2.16. The molecule has 0 aromatic heterocycles. The normalized spacial score (nSPS) is 20.3. The highest BCUT2D eigenvalue weighted by molar-refractivity contribution is 6.32. The quantitative estimate of drug-likeness (QED) is 0.732. The molecule has 6 heteroatoms. The second-order valence-corrected chi connectivity index (χ2v) is 5.22. The highest BCUT2D eigenvalue weighted by Gasteiger charge is 2.20. The van der Waals surface area contributed by atoms with Gasteiger partial charge in [-0.1, -0.05) is 29.8 Å². The second kappa shape index (κ2) is 7.33. The first kappa shape index (κ1) is 15.7. The summed E-state index contributed by atoms with van der Waals surface area (Å²) in [7, 11) is 0. The molecule has 1 aromatic carbocycles. The Kier molecular flexibility index (Phi) is 5.47. The third-order valence-corrected chi connectivity index (χ3v) is 3.52. The zero-order valence-electron chi connectivity index (χ0n) is 11.8. The van der Waals surface area contributed by atoms with E-state index >= 15 is 0 Å². The van der Waals surface area contributed by atoms with E-state index < -0.39 is 0 Å². The van der Waals surface area contributed by atoms with Crippen LogP contribution in [0.2, 0.25) is 5.02 Å². The Bertz CT molecular complexity index is 534. The Morgan fingerprint density at radius 1 is 1.48 bits per heavy atom. The third kappa shape index (κ3) is 4.12. The summed E-state index contributed by atoms with van der Waals surface area (Å²) < 4.78 is 5.45. The summed E-state index contributed by atoms with van der Waals surface area (Å²) in [6, 6.07) is 4.79. The lowest BCUT2D eigenvalue weighted by Crippen LogP contribution is -2.36. The van der Waals surface area contributed by atoms with Crippen molar-refractivity contribution in [3.05, 3.63) is 35.4 Å². The van der Waals surface area contributed by atoms with Crippen molar-refractivity contribution in [3.8, 4) is 5.75 Å². The number of carbonyl (C=O) groups is 1. The zero-order chi connectivity index (χ0) is 15.2. The fourth-order valence-electron chi connectivity index (χ4n) is 2.24. The summed E-state index contributed by atoms with van der Waals surface area (Å²) >= 11 is 6.06. The largest absolute Gasteiger partial charge is 0.490 e. The molecule has 1 aliphatic carbocycles. The number of rotatable bonds is 5. The number of benzene rings is 1. The summed E-state index contributed by atoms with van der Waals surface area (Å²) in [6.45, 7) is 2.41. The van der Waals surface area contributed by atoms with Gasteiger partial charge in [0.2, 0.25) is 0 Å². The molecule has 2 rings (SSSR count). The molecule has 1 aromatic rings. The van der Waals surface area contributed by atoms with Gasteiger partial charge in [-0.25, -0.2) is 4.79 Å². The highest BCUT2D eigenvalue weighted by atomic mass is 35.5. The molecule has 0 saturated carbocycles. The average molecular weight is 311 g/mol. The van der Waals surface area contributed by atoms with Crippen LogP contribution in [0.4, 0.5) is 10.5 Å². The fourth-order valence-corrected chi connectivity index (χ4v) is 2.47. The van der Waals surface area contributed by atoms with Crippen molar-refractivity contribution in [2.75, 3.05) is 18.5 Å². The molecule has 2 amide bonds. The van der Waals surface area contributed by atoms with Crippen molar-refractivity contribution in [1.29, 1.82) is 0 Å². The number of carbonyl (C=O) groups excluding carboxylic acids is 1. The van der Waals surface area contributed by atoms with Crippen LogP contribution in [-0.4, -0.2) is 30.4 Å². The monoisotopic (exact) mass is 310 g/mol. The van der Waals surface area contributed by atoms with E-state index in [4.69, 9.17) is 21.4 Å². The van der Waals surface area contributed by atoms with Gasteiger partial charge in [-0.3, -0.25) is 0 Å². The Morgan fingerprint density at radius 3 is 2.95 bits per heavy atom. The van der Waals surface area contributed by atoms with Gasteiger partial charge >= 0.3 is 6.03 Å². The minimum absolute atomic E-state index is 0.0723. The number of aliphatic hydroxyl groups is 1. The van der Waals surface area contributed by atoms with E-state index in [1.807, 2.05) is 19.1 Å². The number of nitrogens with one attached hydrogen (secondary N) is 2. The standard InChI is InChI=1S/C15H19ClN2O3/c1-2-21-14-12(16)4-3-5-13(14)18-15(20)17-11-7-6-10(8-11)9-19/h3-7,10-11,19H,2,8-9H2,1H3,(H2,17,18,20)/t10-,11+/m0/s1. The Labute approximate surface area is 128 Å². The van der Waals surface area contributed by atoms with Crippen LogP contribution in [0.3, 0.4) is 0 Å².